The fourth-order valence-electron chi connectivity index (χ4n) is 7.75. The summed E-state index contributed by atoms with van der Waals surface area (Å²) in [5.74, 6) is 3.06. The number of aromatic amines is 1. The number of rotatable bonds is 3. The molecule has 1 amide bonds. The molecule has 0 spiro atoms. The van der Waals surface area contributed by atoms with Crippen LogP contribution in [0.25, 0.3) is 11.0 Å². The Morgan fingerprint density at radius 1 is 1.00 bits per heavy atom. The first kappa shape index (κ1) is 17.8. The molecule has 154 valence electrons. The van der Waals surface area contributed by atoms with E-state index in [0.717, 1.165) is 61.1 Å². The van der Waals surface area contributed by atoms with Gasteiger partial charge in [0.1, 0.15) is 0 Å². The van der Waals surface area contributed by atoms with E-state index in [4.69, 9.17) is 0 Å². The van der Waals surface area contributed by atoms with Crippen LogP contribution in [-0.2, 0) is 4.79 Å². The molecule has 0 radical (unpaired) electrons. The van der Waals surface area contributed by atoms with Crippen LogP contribution in [0.3, 0.4) is 0 Å². The molecule has 29 heavy (non-hydrogen) atoms. The van der Waals surface area contributed by atoms with Crippen LogP contribution in [0.2, 0.25) is 0 Å². The van der Waals surface area contributed by atoms with Crippen molar-refractivity contribution in [2.45, 2.75) is 63.8 Å². The van der Waals surface area contributed by atoms with Gasteiger partial charge in [0.05, 0.1) is 11.0 Å². The lowest BCUT2D eigenvalue weighted by atomic mass is 9.49. The van der Waals surface area contributed by atoms with Crippen molar-refractivity contribution < 1.29 is 4.79 Å². The number of carbonyl (C=O) groups is 1. The molecule has 5 fully saturated rings. The number of hydrogen-bond donors (Lipinski definition) is 1. The van der Waals surface area contributed by atoms with Crippen LogP contribution in [0.1, 0.15) is 63.8 Å². The maximum Gasteiger partial charge on any atom is 0.326 e. The maximum absolute atomic E-state index is 13.2. The topological polar surface area (TPSA) is 58.1 Å². The van der Waals surface area contributed by atoms with E-state index in [1.165, 1.54) is 38.5 Å². The summed E-state index contributed by atoms with van der Waals surface area (Å²) in [5.41, 5.74) is 2.18. The Morgan fingerprint density at radius 3 is 2.28 bits per heavy atom. The summed E-state index contributed by atoms with van der Waals surface area (Å²) in [5, 5.41) is 0. The van der Waals surface area contributed by atoms with E-state index < -0.39 is 0 Å². The van der Waals surface area contributed by atoms with Crippen LogP contribution >= 0.6 is 0 Å². The zero-order chi connectivity index (χ0) is 19.6. The van der Waals surface area contributed by atoms with Crippen molar-refractivity contribution in [3.63, 3.8) is 0 Å². The lowest BCUT2D eigenvalue weighted by molar-refractivity contribution is -0.140. The summed E-state index contributed by atoms with van der Waals surface area (Å²) in [7, 11) is 0. The fraction of sp³-hybridized carbons (Fsp3) is 0.667. The SMILES string of the molecule is O=C(CC12CC3CC(CC(C3)C1)C2)N1CCC(n2c(=O)[nH]c3ccccc32)CC1. The molecule has 5 aliphatic rings. The number of piperidine rings is 1. The van der Waals surface area contributed by atoms with Crippen molar-refractivity contribution in [3.8, 4) is 0 Å². The fourth-order valence-corrected chi connectivity index (χ4v) is 7.75. The number of hydrogen-bond acceptors (Lipinski definition) is 2. The largest absolute Gasteiger partial charge is 0.343 e. The Balaban J connectivity index is 1.13. The second-order valence-electron chi connectivity index (χ2n) is 10.5. The smallest absolute Gasteiger partial charge is 0.326 e. The van der Waals surface area contributed by atoms with Gasteiger partial charge in [0.15, 0.2) is 0 Å². The average Bonchev–Trinajstić information content (AvgIpc) is 3.02. The Hall–Kier alpha value is -2.04. The molecule has 4 aliphatic carbocycles. The van der Waals surface area contributed by atoms with Gasteiger partial charge in [-0.15, -0.1) is 0 Å². The molecule has 2 aromatic rings. The van der Waals surface area contributed by atoms with E-state index in [-0.39, 0.29) is 11.7 Å². The molecule has 1 aliphatic heterocycles. The number of amides is 1. The summed E-state index contributed by atoms with van der Waals surface area (Å²) in [6.45, 7) is 1.56. The summed E-state index contributed by atoms with van der Waals surface area (Å²) < 4.78 is 1.91. The van der Waals surface area contributed by atoms with E-state index in [1.807, 2.05) is 28.8 Å². The highest BCUT2D eigenvalue weighted by atomic mass is 16.2. The third kappa shape index (κ3) is 2.96. The van der Waals surface area contributed by atoms with E-state index >= 15 is 0 Å². The highest BCUT2D eigenvalue weighted by Crippen LogP contribution is 2.61. The third-order valence-electron chi connectivity index (χ3n) is 8.50. The molecule has 2 heterocycles. The second-order valence-corrected chi connectivity index (χ2v) is 10.5. The van der Waals surface area contributed by atoms with Gasteiger partial charge in [0.25, 0.3) is 0 Å². The first-order chi connectivity index (χ1) is 14.1. The Labute approximate surface area is 171 Å². The summed E-state index contributed by atoms with van der Waals surface area (Å²) in [6.07, 6.45) is 10.7. The number of likely N-dealkylation sites (tertiary alicyclic amines) is 1. The molecule has 4 bridgehead atoms. The molecule has 1 aromatic carbocycles. The van der Waals surface area contributed by atoms with Gasteiger partial charge >= 0.3 is 5.69 Å². The standard InChI is InChI=1S/C24H31N3O2/c28-22(15-24-12-16-9-17(13-24)11-18(10-16)14-24)26-7-5-19(6-8-26)27-21-4-2-1-3-20(21)25-23(27)29/h1-4,16-19H,5-15H2,(H,25,29). The summed E-state index contributed by atoms with van der Waals surface area (Å²) in [6, 6.07) is 8.09. The number of fused-ring (bicyclic) bond motifs is 1. The predicted octanol–water partition coefficient (Wildman–Crippen LogP) is 4.10. The Bertz CT molecular complexity index is 960. The summed E-state index contributed by atoms with van der Waals surface area (Å²) in [4.78, 5) is 30.8. The molecule has 5 nitrogen and oxygen atoms in total. The molecule has 0 atom stereocenters. The molecule has 1 saturated heterocycles. The quantitative estimate of drug-likeness (QED) is 0.853. The molecule has 1 aromatic heterocycles. The number of benzene rings is 1. The normalized spacial score (nSPS) is 34.2. The van der Waals surface area contributed by atoms with Crippen LogP contribution in [-0.4, -0.2) is 33.4 Å². The van der Waals surface area contributed by atoms with Crippen molar-refractivity contribution >= 4 is 16.9 Å². The monoisotopic (exact) mass is 393 g/mol. The maximum atomic E-state index is 13.2. The number of imidazole rings is 1. The van der Waals surface area contributed by atoms with Crippen molar-refractivity contribution in [1.29, 1.82) is 0 Å². The van der Waals surface area contributed by atoms with E-state index in [2.05, 4.69) is 9.88 Å². The van der Waals surface area contributed by atoms with Crippen LogP contribution < -0.4 is 5.69 Å². The third-order valence-corrected chi connectivity index (χ3v) is 8.50. The molecule has 4 saturated carbocycles. The van der Waals surface area contributed by atoms with E-state index in [1.54, 1.807) is 0 Å². The van der Waals surface area contributed by atoms with Crippen molar-refractivity contribution in [2.24, 2.45) is 23.2 Å². The van der Waals surface area contributed by atoms with Crippen LogP contribution in [0, 0.1) is 23.2 Å². The predicted molar refractivity (Wildman–Crippen MR) is 113 cm³/mol. The first-order valence-corrected chi connectivity index (χ1v) is 11.6. The van der Waals surface area contributed by atoms with Crippen molar-refractivity contribution in [2.75, 3.05) is 13.1 Å². The number of carbonyl (C=O) groups excluding carboxylic acids is 1. The van der Waals surface area contributed by atoms with Gasteiger partial charge in [-0.2, -0.15) is 0 Å². The number of para-hydroxylation sites is 2. The molecule has 0 unspecified atom stereocenters. The number of nitrogens with one attached hydrogen (secondary N) is 1. The number of H-pyrrole nitrogens is 1. The minimum Gasteiger partial charge on any atom is -0.343 e. The van der Waals surface area contributed by atoms with Gasteiger partial charge in [-0.3, -0.25) is 9.36 Å². The van der Waals surface area contributed by atoms with Gasteiger partial charge in [0.2, 0.25) is 5.91 Å². The minimum atomic E-state index is -0.0236. The van der Waals surface area contributed by atoms with Gasteiger partial charge < -0.3 is 9.88 Å². The zero-order valence-electron chi connectivity index (χ0n) is 17.1. The Morgan fingerprint density at radius 2 is 1.62 bits per heavy atom. The number of nitrogens with zero attached hydrogens (tertiary/aromatic N) is 2. The van der Waals surface area contributed by atoms with Crippen molar-refractivity contribution in [3.05, 3.63) is 34.7 Å². The lowest BCUT2D eigenvalue weighted by Gasteiger charge is -2.57. The van der Waals surface area contributed by atoms with Gasteiger partial charge in [-0.05, 0) is 86.7 Å². The summed E-state index contributed by atoms with van der Waals surface area (Å²) >= 11 is 0. The average molecular weight is 394 g/mol. The van der Waals surface area contributed by atoms with E-state index in [0.29, 0.717) is 11.3 Å². The lowest BCUT2D eigenvalue weighted by Crippen LogP contribution is -2.49. The molecule has 7 rings (SSSR count). The van der Waals surface area contributed by atoms with E-state index in [9.17, 15) is 9.59 Å². The molecule has 5 heteroatoms. The second kappa shape index (κ2) is 6.48. The Kier molecular flexibility index (Phi) is 3.97. The highest BCUT2D eigenvalue weighted by molar-refractivity contribution is 5.77. The van der Waals surface area contributed by atoms with Crippen LogP contribution in [0.5, 0.6) is 0 Å². The van der Waals surface area contributed by atoms with Gasteiger partial charge in [-0.1, -0.05) is 12.1 Å². The number of aromatic nitrogens is 2. The van der Waals surface area contributed by atoms with Gasteiger partial charge in [0, 0.05) is 25.6 Å². The van der Waals surface area contributed by atoms with Crippen LogP contribution in [0.4, 0.5) is 0 Å². The van der Waals surface area contributed by atoms with Crippen molar-refractivity contribution in [1.82, 2.24) is 14.5 Å². The minimum absolute atomic E-state index is 0.0236. The highest BCUT2D eigenvalue weighted by Gasteiger charge is 2.51. The molecule has 1 N–H and O–H groups in total. The molecular formula is C24H31N3O2. The zero-order valence-corrected chi connectivity index (χ0v) is 17.1. The van der Waals surface area contributed by atoms with Gasteiger partial charge in [-0.25, -0.2) is 4.79 Å². The molecular weight excluding hydrogens is 362 g/mol. The van der Waals surface area contributed by atoms with Crippen LogP contribution in [0.15, 0.2) is 29.1 Å². The first-order valence-electron chi connectivity index (χ1n) is 11.6.